The Morgan fingerprint density at radius 2 is 2.40 bits per heavy atom. The number of likely N-dealkylation sites (tertiary alicyclic amines) is 1. The van der Waals surface area contributed by atoms with Gasteiger partial charge in [0, 0.05) is 24.9 Å². The zero-order chi connectivity index (χ0) is 10.8. The standard InChI is InChI=1S/C9H15N3O2S/c10-6-2-1-3-12(4-6)8(13)7-5-15-9(14)11-7/h6-7H,1-5,10H2,(H,11,14)/t6-,7+/m1/s1. The maximum Gasteiger partial charge on any atom is 0.279 e. The molecule has 2 saturated heterocycles. The molecule has 15 heavy (non-hydrogen) atoms. The molecule has 2 heterocycles. The molecule has 0 unspecified atom stereocenters. The summed E-state index contributed by atoms with van der Waals surface area (Å²) in [5.74, 6) is 0.562. The summed E-state index contributed by atoms with van der Waals surface area (Å²) in [4.78, 5) is 24.7. The second kappa shape index (κ2) is 4.40. The number of nitrogens with zero attached hydrogens (tertiary/aromatic N) is 1. The zero-order valence-electron chi connectivity index (χ0n) is 8.44. The number of piperidine rings is 1. The second-order valence-corrected chi connectivity index (χ2v) is 4.97. The molecule has 3 N–H and O–H groups in total. The number of rotatable bonds is 1. The third-order valence-corrected chi connectivity index (χ3v) is 3.62. The molecule has 0 saturated carbocycles. The Bertz CT molecular complexity index is 285. The van der Waals surface area contributed by atoms with Crippen molar-refractivity contribution in [2.24, 2.45) is 5.73 Å². The predicted molar refractivity (Wildman–Crippen MR) is 58.6 cm³/mol. The summed E-state index contributed by atoms with van der Waals surface area (Å²) in [6, 6.07) is -0.250. The first-order valence-corrected chi connectivity index (χ1v) is 6.13. The Morgan fingerprint density at radius 1 is 1.60 bits per heavy atom. The molecule has 2 fully saturated rings. The van der Waals surface area contributed by atoms with Gasteiger partial charge in [-0.25, -0.2) is 0 Å². The highest BCUT2D eigenvalue weighted by Crippen LogP contribution is 2.17. The molecule has 84 valence electrons. The van der Waals surface area contributed by atoms with Crippen molar-refractivity contribution >= 4 is 22.9 Å². The largest absolute Gasteiger partial charge is 0.339 e. The van der Waals surface area contributed by atoms with Gasteiger partial charge in [0.05, 0.1) is 0 Å². The Kier molecular flexibility index (Phi) is 3.16. The lowest BCUT2D eigenvalue weighted by Crippen LogP contribution is -2.52. The van der Waals surface area contributed by atoms with Gasteiger partial charge in [-0.2, -0.15) is 0 Å². The van der Waals surface area contributed by atoms with Crippen LogP contribution in [0.25, 0.3) is 0 Å². The number of nitrogens with two attached hydrogens (primary N) is 1. The van der Waals surface area contributed by atoms with Crippen LogP contribution in [0.3, 0.4) is 0 Å². The maximum absolute atomic E-state index is 11.9. The fourth-order valence-corrected chi connectivity index (χ4v) is 2.72. The van der Waals surface area contributed by atoms with E-state index in [0.29, 0.717) is 12.3 Å². The van der Waals surface area contributed by atoms with E-state index in [1.165, 1.54) is 11.8 Å². The van der Waals surface area contributed by atoms with E-state index >= 15 is 0 Å². The first-order chi connectivity index (χ1) is 7.16. The van der Waals surface area contributed by atoms with Crippen LogP contribution in [0.5, 0.6) is 0 Å². The normalized spacial score (nSPS) is 31.5. The third-order valence-electron chi connectivity index (χ3n) is 2.74. The fraction of sp³-hybridized carbons (Fsp3) is 0.778. The Balaban J connectivity index is 1.92. The molecule has 2 aliphatic heterocycles. The van der Waals surface area contributed by atoms with Crippen molar-refractivity contribution in [3.05, 3.63) is 0 Å². The van der Waals surface area contributed by atoms with Crippen LogP contribution in [0.1, 0.15) is 12.8 Å². The van der Waals surface area contributed by atoms with Crippen LogP contribution in [-0.2, 0) is 4.79 Å². The lowest BCUT2D eigenvalue weighted by molar-refractivity contribution is -0.133. The van der Waals surface area contributed by atoms with Crippen molar-refractivity contribution in [3.63, 3.8) is 0 Å². The third kappa shape index (κ3) is 2.43. The summed E-state index contributed by atoms with van der Waals surface area (Å²) in [5.41, 5.74) is 5.80. The number of hydrogen-bond acceptors (Lipinski definition) is 4. The molecule has 0 aromatic rings. The lowest BCUT2D eigenvalue weighted by Gasteiger charge is -2.32. The summed E-state index contributed by atoms with van der Waals surface area (Å²) < 4.78 is 0. The topological polar surface area (TPSA) is 75.4 Å². The summed E-state index contributed by atoms with van der Waals surface area (Å²) in [7, 11) is 0. The van der Waals surface area contributed by atoms with Crippen molar-refractivity contribution in [2.75, 3.05) is 18.8 Å². The van der Waals surface area contributed by atoms with E-state index in [-0.39, 0.29) is 23.2 Å². The Hall–Kier alpha value is -0.750. The first kappa shape index (κ1) is 10.8. The van der Waals surface area contributed by atoms with Crippen molar-refractivity contribution < 1.29 is 9.59 Å². The van der Waals surface area contributed by atoms with Gasteiger partial charge in [-0.3, -0.25) is 9.59 Å². The van der Waals surface area contributed by atoms with Crippen LogP contribution in [-0.4, -0.2) is 47.0 Å². The molecule has 0 radical (unpaired) electrons. The smallest absolute Gasteiger partial charge is 0.279 e. The highest BCUT2D eigenvalue weighted by Gasteiger charge is 2.32. The fourth-order valence-electron chi connectivity index (χ4n) is 1.95. The SMILES string of the molecule is N[C@@H]1CCCN(C(=O)[C@@H]2CSC(=O)N2)C1. The molecule has 0 aliphatic carbocycles. The van der Waals surface area contributed by atoms with Crippen molar-refractivity contribution in [1.82, 2.24) is 10.2 Å². The maximum atomic E-state index is 11.9. The molecule has 2 atom stereocenters. The molecule has 6 heteroatoms. The molecule has 2 aliphatic rings. The predicted octanol–water partition coefficient (Wildman–Crippen LogP) is -0.239. The van der Waals surface area contributed by atoms with Gasteiger partial charge < -0.3 is 16.0 Å². The minimum Gasteiger partial charge on any atom is -0.339 e. The summed E-state index contributed by atoms with van der Waals surface area (Å²) in [6.45, 7) is 1.39. The molecular formula is C9H15N3O2S. The number of carbonyl (C=O) groups excluding carboxylic acids is 2. The molecule has 0 spiro atoms. The highest BCUT2D eigenvalue weighted by atomic mass is 32.2. The first-order valence-electron chi connectivity index (χ1n) is 5.14. The van der Waals surface area contributed by atoms with Crippen LogP contribution in [0, 0.1) is 0 Å². The average Bonchev–Trinajstić information content (AvgIpc) is 2.64. The van der Waals surface area contributed by atoms with Gasteiger partial charge in [-0.1, -0.05) is 11.8 Å². The van der Waals surface area contributed by atoms with Gasteiger partial charge in [-0.15, -0.1) is 0 Å². The van der Waals surface area contributed by atoms with Crippen molar-refractivity contribution in [3.8, 4) is 0 Å². The monoisotopic (exact) mass is 229 g/mol. The minimum atomic E-state index is -0.340. The molecule has 0 aromatic carbocycles. The lowest BCUT2D eigenvalue weighted by atomic mass is 10.1. The van der Waals surface area contributed by atoms with E-state index in [4.69, 9.17) is 5.73 Å². The van der Waals surface area contributed by atoms with Crippen LogP contribution >= 0.6 is 11.8 Å². The number of hydrogen-bond donors (Lipinski definition) is 2. The molecule has 2 rings (SSSR count). The van der Waals surface area contributed by atoms with Gasteiger partial charge in [0.15, 0.2) is 0 Å². The van der Waals surface area contributed by atoms with Crippen LogP contribution in [0.2, 0.25) is 0 Å². The van der Waals surface area contributed by atoms with Gasteiger partial charge >= 0.3 is 0 Å². The summed E-state index contributed by atoms with van der Waals surface area (Å²) in [5, 5.41) is 2.56. The molecule has 5 nitrogen and oxygen atoms in total. The molecular weight excluding hydrogens is 214 g/mol. The van der Waals surface area contributed by atoms with E-state index in [1.54, 1.807) is 4.90 Å². The van der Waals surface area contributed by atoms with Crippen molar-refractivity contribution in [2.45, 2.75) is 24.9 Å². The molecule has 2 amide bonds. The number of nitrogens with one attached hydrogen (secondary N) is 1. The molecule has 0 bridgehead atoms. The quantitative estimate of drug-likeness (QED) is 0.651. The summed E-state index contributed by atoms with van der Waals surface area (Å²) in [6.07, 6.45) is 1.94. The molecule has 0 aromatic heterocycles. The van der Waals surface area contributed by atoms with Crippen LogP contribution in [0.15, 0.2) is 0 Å². The second-order valence-electron chi connectivity index (χ2n) is 3.98. The number of amides is 2. The van der Waals surface area contributed by atoms with E-state index in [1.807, 2.05) is 0 Å². The Labute approximate surface area is 92.7 Å². The van der Waals surface area contributed by atoms with E-state index in [2.05, 4.69) is 5.32 Å². The Morgan fingerprint density at radius 3 is 3.00 bits per heavy atom. The van der Waals surface area contributed by atoms with Crippen LogP contribution in [0.4, 0.5) is 4.79 Å². The van der Waals surface area contributed by atoms with Crippen molar-refractivity contribution in [1.29, 1.82) is 0 Å². The van der Waals surface area contributed by atoms with Gasteiger partial charge in [-0.05, 0) is 12.8 Å². The average molecular weight is 229 g/mol. The zero-order valence-corrected chi connectivity index (χ0v) is 9.26. The summed E-state index contributed by atoms with van der Waals surface area (Å²) >= 11 is 1.17. The number of thioether (sulfide) groups is 1. The van der Waals surface area contributed by atoms with Gasteiger partial charge in [0.2, 0.25) is 5.91 Å². The van der Waals surface area contributed by atoms with E-state index < -0.39 is 0 Å². The highest BCUT2D eigenvalue weighted by molar-refractivity contribution is 8.14. The van der Waals surface area contributed by atoms with E-state index in [9.17, 15) is 9.59 Å². The van der Waals surface area contributed by atoms with E-state index in [0.717, 1.165) is 19.4 Å². The number of carbonyl (C=O) groups is 2. The van der Waals surface area contributed by atoms with Gasteiger partial charge in [0.25, 0.3) is 5.24 Å². The minimum absolute atomic E-state index is 0.0171. The van der Waals surface area contributed by atoms with Gasteiger partial charge in [0.1, 0.15) is 6.04 Å². The van der Waals surface area contributed by atoms with Crippen LogP contribution < -0.4 is 11.1 Å².